The zero-order valence-electron chi connectivity index (χ0n) is 10.5. The molecule has 2 aromatic rings. The molecule has 1 aromatic heterocycles. The topological polar surface area (TPSA) is 34.4 Å². The summed E-state index contributed by atoms with van der Waals surface area (Å²) in [7, 11) is 1.94. The average Bonchev–Trinajstić information content (AvgIpc) is 2.54. The normalized spacial score (nSPS) is 12.6. The van der Waals surface area contributed by atoms with Gasteiger partial charge in [0.1, 0.15) is 0 Å². The molecule has 90 valence electrons. The fourth-order valence-electron chi connectivity index (χ4n) is 1.75. The number of benzene rings is 1. The van der Waals surface area contributed by atoms with Crippen LogP contribution >= 0.6 is 11.3 Å². The fraction of sp³-hybridized carbons (Fsp3) is 0.385. The lowest BCUT2D eigenvalue weighted by Crippen LogP contribution is -2.11. The molecule has 0 aliphatic heterocycles. The summed E-state index contributed by atoms with van der Waals surface area (Å²) in [6.07, 6.45) is 0. The van der Waals surface area contributed by atoms with Crippen molar-refractivity contribution in [3.05, 3.63) is 28.6 Å². The minimum Gasteiger partial charge on any atom is -0.319 e. The van der Waals surface area contributed by atoms with Gasteiger partial charge in [-0.1, -0.05) is 31.3 Å². The van der Waals surface area contributed by atoms with Crippen LogP contribution in [0.4, 0.5) is 0 Å². The first-order valence-corrected chi connectivity index (χ1v) is 6.45. The third kappa shape index (κ3) is 2.31. The van der Waals surface area contributed by atoms with E-state index in [1.165, 1.54) is 17.2 Å². The summed E-state index contributed by atoms with van der Waals surface area (Å²) in [5.41, 5.74) is 2.44. The molecule has 0 radical (unpaired) electrons. The number of amides is 1. The van der Waals surface area contributed by atoms with Gasteiger partial charge in [-0.15, -0.1) is 0 Å². The van der Waals surface area contributed by atoms with Gasteiger partial charge >= 0.3 is 0 Å². The molecular formula is C13H16N2OS. The molecule has 0 fully saturated rings. The van der Waals surface area contributed by atoms with E-state index in [2.05, 4.69) is 37.0 Å². The van der Waals surface area contributed by atoms with Gasteiger partial charge in [-0.3, -0.25) is 4.79 Å². The first-order valence-electron chi connectivity index (χ1n) is 5.64. The molecule has 0 N–H and O–H groups in total. The Morgan fingerprint density at radius 3 is 2.71 bits per heavy atom. The van der Waals surface area contributed by atoms with Crippen LogP contribution in [0.1, 0.15) is 32.3 Å². The van der Waals surface area contributed by atoms with Crippen LogP contribution in [-0.4, -0.2) is 10.5 Å². The summed E-state index contributed by atoms with van der Waals surface area (Å²) < 4.78 is 3.14. The summed E-state index contributed by atoms with van der Waals surface area (Å²) in [6.45, 7) is 5.83. The van der Waals surface area contributed by atoms with Crippen LogP contribution in [0.15, 0.2) is 23.2 Å². The molecule has 1 heterocycles. The second-order valence-electron chi connectivity index (χ2n) is 4.46. The van der Waals surface area contributed by atoms with Crippen LogP contribution in [0.25, 0.3) is 10.2 Å². The lowest BCUT2D eigenvalue weighted by molar-refractivity contribution is -0.116. The van der Waals surface area contributed by atoms with Gasteiger partial charge in [-0.25, -0.2) is 0 Å². The van der Waals surface area contributed by atoms with Crippen LogP contribution in [0.3, 0.4) is 0 Å². The van der Waals surface area contributed by atoms with E-state index >= 15 is 0 Å². The molecular weight excluding hydrogens is 232 g/mol. The molecule has 2 rings (SSSR count). The van der Waals surface area contributed by atoms with Crippen molar-refractivity contribution in [2.45, 2.75) is 26.7 Å². The van der Waals surface area contributed by atoms with Crippen LogP contribution in [0.5, 0.6) is 0 Å². The molecule has 0 bridgehead atoms. The predicted molar refractivity (Wildman–Crippen MR) is 71.1 cm³/mol. The number of rotatable bonds is 1. The van der Waals surface area contributed by atoms with Crippen molar-refractivity contribution in [2.24, 2.45) is 12.0 Å². The Hall–Kier alpha value is -1.42. The number of hydrogen-bond acceptors (Lipinski definition) is 2. The lowest BCUT2D eigenvalue weighted by Gasteiger charge is -2.04. The number of thiazole rings is 1. The number of carbonyl (C=O) groups excluding carboxylic acids is 1. The van der Waals surface area contributed by atoms with Crippen molar-refractivity contribution in [2.75, 3.05) is 0 Å². The van der Waals surface area contributed by atoms with E-state index in [1.54, 1.807) is 11.3 Å². The van der Waals surface area contributed by atoms with Crippen LogP contribution < -0.4 is 4.80 Å². The number of carbonyl (C=O) groups is 1. The highest BCUT2D eigenvalue weighted by molar-refractivity contribution is 7.16. The summed E-state index contributed by atoms with van der Waals surface area (Å²) in [5, 5.41) is 0. The van der Waals surface area contributed by atoms with E-state index < -0.39 is 0 Å². The molecule has 0 aliphatic rings. The van der Waals surface area contributed by atoms with Crippen molar-refractivity contribution < 1.29 is 4.79 Å². The maximum Gasteiger partial charge on any atom is 0.245 e. The highest BCUT2D eigenvalue weighted by Crippen LogP contribution is 2.22. The monoisotopic (exact) mass is 248 g/mol. The van der Waals surface area contributed by atoms with Crippen LogP contribution in [0.2, 0.25) is 0 Å². The largest absolute Gasteiger partial charge is 0.319 e. The standard InChI is InChI=1S/C13H16N2OS/c1-8(2)10-5-6-11-12(7-10)17-13(15(11)4)14-9(3)16/h5-8H,1-4H3. The number of aromatic nitrogens is 1. The van der Waals surface area contributed by atoms with Crippen molar-refractivity contribution in [3.63, 3.8) is 0 Å². The fourth-order valence-corrected chi connectivity index (χ4v) is 2.86. The second-order valence-corrected chi connectivity index (χ2v) is 5.47. The minimum atomic E-state index is -0.156. The third-order valence-electron chi connectivity index (χ3n) is 2.75. The van der Waals surface area contributed by atoms with E-state index in [-0.39, 0.29) is 5.91 Å². The summed E-state index contributed by atoms with van der Waals surface area (Å²) in [4.78, 5) is 15.8. The first kappa shape index (κ1) is 12.0. The molecule has 4 heteroatoms. The molecule has 0 saturated carbocycles. The molecule has 0 aliphatic carbocycles. The molecule has 0 spiro atoms. The number of nitrogens with zero attached hydrogens (tertiary/aromatic N) is 2. The Morgan fingerprint density at radius 1 is 1.41 bits per heavy atom. The molecule has 3 nitrogen and oxygen atoms in total. The Kier molecular flexibility index (Phi) is 3.15. The zero-order chi connectivity index (χ0) is 12.6. The Bertz CT molecular complexity index is 634. The molecule has 0 unspecified atom stereocenters. The van der Waals surface area contributed by atoms with Gasteiger partial charge < -0.3 is 4.57 Å². The van der Waals surface area contributed by atoms with E-state index in [9.17, 15) is 4.79 Å². The van der Waals surface area contributed by atoms with Crippen molar-refractivity contribution in [1.82, 2.24) is 4.57 Å². The highest BCUT2D eigenvalue weighted by atomic mass is 32.1. The first-order chi connectivity index (χ1) is 7.99. The lowest BCUT2D eigenvalue weighted by atomic mass is 10.0. The van der Waals surface area contributed by atoms with E-state index in [1.807, 2.05) is 11.6 Å². The highest BCUT2D eigenvalue weighted by Gasteiger charge is 2.06. The molecule has 0 saturated heterocycles. The summed E-state index contributed by atoms with van der Waals surface area (Å²) in [5.74, 6) is 0.358. The van der Waals surface area contributed by atoms with Crippen molar-refractivity contribution in [1.29, 1.82) is 0 Å². The summed E-state index contributed by atoms with van der Waals surface area (Å²) in [6, 6.07) is 6.42. The van der Waals surface area contributed by atoms with Crippen LogP contribution in [-0.2, 0) is 11.8 Å². The van der Waals surface area contributed by atoms with Gasteiger partial charge in [-0.2, -0.15) is 4.99 Å². The third-order valence-corrected chi connectivity index (χ3v) is 3.85. The van der Waals surface area contributed by atoms with Gasteiger partial charge in [0.05, 0.1) is 10.2 Å². The second kappa shape index (κ2) is 4.45. The van der Waals surface area contributed by atoms with E-state index in [0.29, 0.717) is 5.92 Å². The molecule has 1 amide bonds. The van der Waals surface area contributed by atoms with E-state index in [0.717, 1.165) is 10.3 Å². The van der Waals surface area contributed by atoms with Gasteiger partial charge in [0.25, 0.3) is 0 Å². The van der Waals surface area contributed by atoms with E-state index in [4.69, 9.17) is 0 Å². The minimum absolute atomic E-state index is 0.156. The molecule has 0 atom stereocenters. The van der Waals surface area contributed by atoms with Gasteiger partial charge in [0.2, 0.25) is 5.91 Å². The number of fused-ring (bicyclic) bond motifs is 1. The maximum atomic E-state index is 11.0. The Balaban J connectivity index is 2.70. The summed E-state index contributed by atoms with van der Waals surface area (Å²) >= 11 is 1.56. The molecule has 17 heavy (non-hydrogen) atoms. The number of hydrogen-bond donors (Lipinski definition) is 0. The van der Waals surface area contributed by atoms with Crippen LogP contribution in [0, 0.1) is 0 Å². The Morgan fingerprint density at radius 2 is 2.12 bits per heavy atom. The smallest absolute Gasteiger partial charge is 0.245 e. The number of aryl methyl sites for hydroxylation is 1. The van der Waals surface area contributed by atoms with Crippen molar-refractivity contribution in [3.8, 4) is 0 Å². The average molecular weight is 248 g/mol. The quantitative estimate of drug-likeness (QED) is 0.764. The van der Waals surface area contributed by atoms with Gasteiger partial charge in [-0.05, 0) is 23.6 Å². The zero-order valence-corrected chi connectivity index (χ0v) is 11.3. The Labute approximate surface area is 104 Å². The van der Waals surface area contributed by atoms with Gasteiger partial charge in [0.15, 0.2) is 4.80 Å². The SMILES string of the molecule is CC(=O)N=c1sc2cc(C(C)C)ccc2n1C. The maximum absolute atomic E-state index is 11.0. The van der Waals surface area contributed by atoms with Gasteiger partial charge in [0, 0.05) is 14.0 Å². The predicted octanol–water partition coefficient (Wildman–Crippen LogP) is 2.81. The molecule has 1 aromatic carbocycles. The van der Waals surface area contributed by atoms with Crippen molar-refractivity contribution >= 4 is 27.5 Å².